The number of nitrogens with one attached hydrogen (secondary N) is 2. The third-order valence-corrected chi connectivity index (χ3v) is 4.28. The fraction of sp³-hybridized carbons (Fsp3) is 0.529. The largest absolute Gasteiger partial charge is 0.399 e. The zero-order valence-corrected chi connectivity index (χ0v) is 16.1. The van der Waals surface area contributed by atoms with Gasteiger partial charge in [0.2, 0.25) is 11.8 Å². The summed E-state index contributed by atoms with van der Waals surface area (Å²) >= 11 is 0. The van der Waals surface area contributed by atoms with Crippen LogP contribution in [0.25, 0.3) is 0 Å². The number of nitrogen functional groups attached to an aromatic ring is 1. The Morgan fingerprint density at radius 1 is 1.16 bits per heavy atom. The van der Waals surface area contributed by atoms with Crippen LogP contribution in [-0.2, 0) is 16.0 Å². The Morgan fingerprint density at radius 2 is 1.80 bits per heavy atom. The molecule has 0 aliphatic carbocycles. The van der Waals surface area contributed by atoms with E-state index in [2.05, 4.69) is 15.5 Å². The van der Waals surface area contributed by atoms with Crippen molar-refractivity contribution in [2.24, 2.45) is 0 Å². The fourth-order valence-corrected chi connectivity index (χ4v) is 2.83. The zero-order valence-electron chi connectivity index (χ0n) is 14.5. The first-order chi connectivity index (χ1) is 11.1. The Kier molecular flexibility index (Phi) is 11.2. The van der Waals surface area contributed by atoms with Gasteiger partial charge in [0.05, 0.1) is 6.54 Å². The third-order valence-electron chi connectivity index (χ3n) is 4.28. The van der Waals surface area contributed by atoms with E-state index in [1.54, 1.807) is 7.05 Å². The number of anilines is 1. The molecule has 142 valence electrons. The molecule has 0 unspecified atom stereocenters. The van der Waals surface area contributed by atoms with Crippen LogP contribution in [0.3, 0.4) is 0 Å². The highest BCUT2D eigenvalue weighted by Gasteiger charge is 2.21. The van der Waals surface area contributed by atoms with Gasteiger partial charge in [0.25, 0.3) is 0 Å². The van der Waals surface area contributed by atoms with Gasteiger partial charge in [-0.1, -0.05) is 18.2 Å². The first-order valence-electron chi connectivity index (χ1n) is 8.14. The van der Waals surface area contributed by atoms with E-state index in [4.69, 9.17) is 5.73 Å². The number of carbonyl (C=O) groups is 2. The lowest BCUT2D eigenvalue weighted by atomic mass is 10.0. The molecule has 1 heterocycles. The number of nitrogens with zero attached hydrogens (tertiary/aromatic N) is 1. The van der Waals surface area contributed by atoms with Crippen molar-refractivity contribution in [3.05, 3.63) is 29.8 Å². The average Bonchev–Trinajstić information content (AvgIpc) is 2.56. The first-order valence-corrected chi connectivity index (χ1v) is 8.14. The Bertz CT molecular complexity index is 549. The van der Waals surface area contributed by atoms with Crippen LogP contribution >= 0.6 is 24.8 Å². The van der Waals surface area contributed by atoms with E-state index in [1.165, 1.54) is 0 Å². The Labute approximate surface area is 161 Å². The van der Waals surface area contributed by atoms with E-state index in [-0.39, 0.29) is 42.7 Å². The summed E-state index contributed by atoms with van der Waals surface area (Å²) in [4.78, 5) is 25.5. The molecule has 0 saturated carbocycles. The molecule has 1 aromatic rings. The smallest absolute Gasteiger partial charge is 0.233 e. The van der Waals surface area contributed by atoms with E-state index in [0.29, 0.717) is 19.4 Å². The van der Waals surface area contributed by atoms with Gasteiger partial charge in [0, 0.05) is 38.3 Å². The minimum Gasteiger partial charge on any atom is -0.399 e. The van der Waals surface area contributed by atoms with Crippen molar-refractivity contribution in [3.63, 3.8) is 0 Å². The lowest BCUT2D eigenvalue weighted by molar-refractivity contribution is -0.124. The summed E-state index contributed by atoms with van der Waals surface area (Å²) < 4.78 is 0. The van der Waals surface area contributed by atoms with Crippen molar-refractivity contribution in [2.75, 3.05) is 32.4 Å². The molecule has 1 aliphatic heterocycles. The number of piperidine rings is 1. The number of hydrogen-bond donors (Lipinski definition) is 3. The predicted molar refractivity (Wildman–Crippen MR) is 105 cm³/mol. The number of benzene rings is 1. The molecule has 2 rings (SSSR count). The summed E-state index contributed by atoms with van der Waals surface area (Å²) in [6.07, 6.45) is 2.88. The van der Waals surface area contributed by atoms with Crippen molar-refractivity contribution in [1.29, 1.82) is 0 Å². The number of likely N-dealkylation sites (N-methyl/N-ethyl adjacent to an activating group) is 1. The molecule has 4 N–H and O–H groups in total. The maximum Gasteiger partial charge on any atom is 0.233 e. The van der Waals surface area contributed by atoms with Crippen LogP contribution in [0.5, 0.6) is 0 Å². The van der Waals surface area contributed by atoms with Gasteiger partial charge in [0.1, 0.15) is 0 Å². The van der Waals surface area contributed by atoms with Crippen LogP contribution in [0, 0.1) is 0 Å². The van der Waals surface area contributed by atoms with Crippen molar-refractivity contribution in [1.82, 2.24) is 15.5 Å². The maximum absolute atomic E-state index is 12.1. The van der Waals surface area contributed by atoms with Gasteiger partial charge in [-0.3, -0.25) is 14.5 Å². The quantitative estimate of drug-likeness (QED) is 0.640. The molecule has 0 spiro atoms. The second-order valence-electron chi connectivity index (χ2n) is 5.99. The summed E-state index contributed by atoms with van der Waals surface area (Å²) in [6, 6.07) is 7.85. The Morgan fingerprint density at radius 3 is 2.40 bits per heavy atom. The molecule has 0 radical (unpaired) electrons. The van der Waals surface area contributed by atoms with Gasteiger partial charge in [-0.05, 0) is 30.9 Å². The highest BCUT2D eigenvalue weighted by Crippen LogP contribution is 2.14. The molecular formula is C17H28Cl2N4O2. The van der Waals surface area contributed by atoms with Gasteiger partial charge in [-0.15, -0.1) is 24.8 Å². The van der Waals surface area contributed by atoms with Gasteiger partial charge in [-0.25, -0.2) is 0 Å². The number of para-hydroxylation sites is 1. The number of rotatable bonds is 6. The van der Waals surface area contributed by atoms with Gasteiger partial charge < -0.3 is 16.4 Å². The lowest BCUT2D eigenvalue weighted by Crippen LogP contribution is -2.47. The highest BCUT2D eigenvalue weighted by atomic mass is 35.5. The summed E-state index contributed by atoms with van der Waals surface area (Å²) in [5.41, 5.74) is 7.64. The zero-order chi connectivity index (χ0) is 16.7. The van der Waals surface area contributed by atoms with Gasteiger partial charge in [-0.2, -0.15) is 0 Å². The molecule has 1 fully saturated rings. The Hall–Kier alpha value is -1.50. The molecule has 1 aromatic carbocycles. The lowest BCUT2D eigenvalue weighted by Gasteiger charge is -2.31. The summed E-state index contributed by atoms with van der Waals surface area (Å²) in [7, 11) is 1.65. The minimum absolute atomic E-state index is 0. The number of hydrogen-bond acceptors (Lipinski definition) is 4. The van der Waals surface area contributed by atoms with Crippen LogP contribution in [0.15, 0.2) is 24.3 Å². The number of aryl methyl sites for hydroxylation is 1. The molecule has 6 nitrogen and oxygen atoms in total. The fourth-order valence-electron chi connectivity index (χ4n) is 2.83. The highest BCUT2D eigenvalue weighted by molar-refractivity contribution is 5.85. The molecule has 25 heavy (non-hydrogen) atoms. The third kappa shape index (κ3) is 7.94. The summed E-state index contributed by atoms with van der Waals surface area (Å²) in [5, 5.41) is 5.72. The minimum atomic E-state index is 0. The molecule has 8 heteroatoms. The number of amides is 2. The molecule has 2 amide bonds. The molecule has 1 saturated heterocycles. The normalized spacial score (nSPS) is 14.8. The van der Waals surface area contributed by atoms with E-state index >= 15 is 0 Å². The van der Waals surface area contributed by atoms with E-state index < -0.39 is 0 Å². The maximum atomic E-state index is 12.1. The van der Waals surface area contributed by atoms with Crippen molar-refractivity contribution in [2.45, 2.75) is 31.7 Å². The van der Waals surface area contributed by atoms with E-state index in [1.807, 2.05) is 24.3 Å². The molecule has 0 aromatic heterocycles. The summed E-state index contributed by atoms with van der Waals surface area (Å²) in [6.45, 7) is 2.11. The number of carbonyl (C=O) groups excluding carboxylic acids is 2. The molecule has 0 atom stereocenters. The van der Waals surface area contributed by atoms with Crippen LogP contribution in [-0.4, -0.2) is 49.4 Å². The predicted octanol–water partition coefficient (Wildman–Crippen LogP) is 1.37. The van der Waals surface area contributed by atoms with Crippen LogP contribution in [0.2, 0.25) is 0 Å². The van der Waals surface area contributed by atoms with Crippen LogP contribution in [0.1, 0.15) is 24.8 Å². The number of halogens is 2. The number of likely N-dealkylation sites (tertiary alicyclic amines) is 1. The topological polar surface area (TPSA) is 87.5 Å². The second kappa shape index (κ2) is 12.0. The second-order valence-corrected chi connectivity index (χ2v) is 5.99. The average molecular weight is 391 g/mol. The van der Waals surface area contributed by atoms with Crippen LogP contribution < -0.4 is 16.4 Å². The molecule has 0 bridgehead atoms. The summed E-state index contributed by atoms with van der Waals surface area (Å²) in [5.74, 6) is 0.103. The van der Waals surface area contributed by atoms with Crippen molar-refractivity contribution in [3.8, 4) is 0 Å². The standard InChI is InChI=1S/C17H26N4O2.2ClH/c1-19-17(23)12-21-10-8-14(9-11-21)20-16(22)7-6-13-4-2-3-5-15(13)18;;/h2-5,14H,6-12,18H2,1H3,(H,19,23)(H,20,22);2*1H. The van der Waals surface area contributed by atoms with Gasteiger partial charge >= 0.3 is 0 Å². The molecule has 1 aliphatic rings. The van der Waals surface area contributed by atoms with Crippen molar-refractivity contribution >= 4 is 42.3 Å². The Balaban J connectivity index is 0.00000288. The van der Waals surface area contributed by atoms with Gasteiger partial charge in [0.15, 0.2) is 0 Å². The van der Waals surface area contributed by atoms with Crippen LogP contribution in [0.4, 0.5) is 5.69 Å². The SMILES string of the molecule is CNC(=O)CN1CCC(NC(=O)CCc2ccccc2N)CC1.Cl.Cl. The first kappa shape index (κ1) is 23.5. The van der Waals surface area contributed by atoms with E-state index in [0.717, 1.165) is 37.2 Å². The molecular weight excluding hydrogens is 363 g/mol. The number of nitrogens with two attached hydrogens (primary N) is 1. The monoisotopic (exact) mass is 390 g/mol. The van der Waals surface area contributed by atoms with Crippen molar-refractivity contribution < 1.29 is 9.59 Å². The van der Waals surface area contributed by atoms with E-state index in [9.17, 15) is 9.59 Å².